The van der Waals surface area contributed by atoms with E-state index in [9.17, 15) is 0 Å². The molecule has 0 fully saturated rings. The molecular formula is C19H18. The molecule has 0 aromatic heterocycles. The first-order valence-electron chi connectivity index (χ1n) is 7.20. The summed E-state index contributed by atoms with van der Waals surface area (Å²) >= 11 is 0. The summed E-state index contributed by atoms with van der Waals surface area (Å²) in [4.78, 5) is 0. The van der Waals surface area contributed by atoms with E-state index in [4.69, 9.17) is 0 Å². The molecule has 0 spiro atoms. The normalized spacial score (nSPS) is 16.1. The van der Waals surface area contributed by atoms with Gasteiger partial charge in [-0.25, -0.2) is 0 Å². The Kier molecular flexibility index (Phi) is 2.23. The maximum Gasteiger partial charge on any atom is -0.00645 e. The highest BCUT2D eigenvalue weighted by molar-refractivity contribution is 6.03. The van der Waals surface area contributed by atoms with Crippen molar-refractivity contribution in [2.75, 3.05) is 0 Å². The molecule has 2 aromatic rings. The van der Waals surface area contributed by atoms with Crippen LogP contribution in [0, 0.1) is 0 Å². The summed E-state index contributed by atoms with van der Waals surface area (Å²) in [5, 5.41) is 2.98. The molecule has 0 atom stereocenters. The van der Waals surface area contributed by atoms with Crippen molar-refractivity contribution >= 4 is 16.3 Å². The van der Waals surface area contributed by atoms with Crippen LogP contribution in [0.25, 0.3) is 16.3 Å². The van der Waals surface area contributed by atoms with Gasteiger partial charge in [0.25, 0.3) is 0 Å². The van der Waals surface area contributed by atoms with Crippen LogP contribution in [0.2, 0.25) is 0 Å². The predicted molar refractivity (Wildman–Crippen MR) is 82.6 cm³/mol. The van der Waals surface area contributed by atoms with Crippen molar-refractivity contribution in [1.82, 2.24) is 0 Å². The van der Waals surface area contributed by atoms with Crippen molar-refractivity contribution in [2.24, 2.45) is 0 Å². The van der Waals surface area contributed by atoms with E-state index in [0.29, 0.717) is 5.92 Å². The van der Waals surface area contributed by atoms with Crippen molar-refractivity contribution in [3.8, 4) is 0 Å². The Morgan fingerprint density at radius 3 is 2.63 bits per heavy atom. The largest absolute Gasteiger partial charge is 0.0795 e. The number of allylic oxidation sites excluding steroid dienone is 4. The van der Waals surface area contributed by atoms with Gasteiger partial charge in [-0.1, -0.05) is 56.3 Å². The van der Waals surface area contributed by atoms with E-state index in [-0.39, 0.29) is 0 Å². The zero-order valence-electron chi connectivity index (χ0n) is 11.5. The Hall–Kier alpha value is -1.82. The Labute approximate surface area is 114 Å². The average Bonchev–Trinajstić information content (AvgIpc) is 2.44. The van der Waals surface area contributed by atoms with Crippen LogP contribution >= 0.6 is 0 Å². The van der Waals surface area contributed by atoms with Gasteiger partial charge in [0.05, 0.1) is 0 Å². The van der Waals surface area contributed by atoms with E-state index in [1.165, 1.54) is 38.6 Å². The number of hydrogen-bond acceptors (Lipinski definition) is 0. The molecule has 2 aliphatic carbocycles. The minimum Gasteiger partial charge on any atom is -0.0795 e. The second kappa shape index (κ2) is 3.84. The lowest BCUT2D eigenvalue weighted by Gasteiger charge is -2.24. The van der Waals surface area contributed by atoms with E-state index in [2.05, 4.69) is 56.3 Å². The molecule has 0 nitrogen and oxygen atoms in total. The van der Waals surface area contributed by atoms with Gasteiger partial charge in [-0.05, 0) is 57.4 Å². The van der Waals surface area contributed by atoms with Crippen LogP contribution < -0.4 is 0 Å². The molecule has 0 N–H and O–H groups in total. The molecule has 0 amide bonds. The molecule has 0 heteroatoms. The van der Waals surface area contributed by atoms with Crippen LogP contribution in [0.3, 0.4) is 0 Å². The fourth-order valence-electron chi connectivity index (χ4n) is 3.54. The first-order chi connectivity index (χ1) is 9.25. The van der Waals surface area contributed by atoms with Crippen molar-refractivity contribution in [2.45, 2.75) is 32.6 Å². The monoisotopic (exact) mass is 246 g/mol. The summed E-state index contributed by atoms with van der Waals surface area (Å²) in [5.41, 5.74) is 7.40. The lowest BCUT2D eigenvalue weighted by Crippen LogP contribution is -2.06. The molecular weight excluding hydrogens is 228 g/mol. The van der Waals surface area contributed by atoms with Crippen LogP contribution in [-0.4, -0.2) is 0 Å². The van der Waals surface area contributed by atoms with Gasteiger partial charge >= 0.3 is 0 Å². The molecule has 0 aliphatic heterocycles. The summed E-state index contributed by atoms with van der Waals surface area (Å²) in [7, 11) is 0. The highest BCUT2D eigenvalue weighted by atomic mass is 14.2. The summed E-state index contributed by atoms with van der Waals surface area (Å²) in [6.45, 7) is 4.58. The number of hydrogen-bond donors (Lipinski definition) is 0. The van der Waals surface area contributed by atoms with Gasteiger partial charge in [0, 0.05) is 0 Å². The SMILES string of the molecule is CC(C)c1ccc2c3c4c(ccc13)CC=CC4=CC2. The first-order valence-corrected chi connectivity index (χ1v) is 7.20. The van der Waals surface area contributed by atoms with Crippen LogP contribution in [0.1, 0.15) is 42.0 Å². The summed E-state index contributed by atoms with van der Waals surface area (Å²) < 4.78 is 0. The standard InChI is InChI=1S/C19H18/c1-12(2)16-10-8-15-7-6-13-4-3-5-14-9-11-17(16)19(15)18(13)14/h3-4,6,8-12H,5,7H2,1-2H3. The molecule has 94 valence electrons. The average molecular weight is 246 g/mol. The minimum absolute atomic E-state index is 0.584. The highest BCUT2D eigenvalue weighted by Crippen LogP contribution is 2.40. The fourth-order valence-corrected chi connectivity index (χ4v) is 3.54. The molecule has 4 rings (SSSR count). The Morgan fingerprint density at radius 1 is 0.947 bits per heavy atom. The first kappa shape index (κ1) is 11.0. The summed E-state index contributed by atoms with van der Waals surface area (Å²) in [6.07, 6.45) is 9.12. The van der Waals surface area contributed by atoms with Gasteiger partial charge in [0.1, 0.15) is 0 Å². The van der Waals surface area contributed by atoms with Gasteiger partial charge in [-0.2, -0.15) is 0 Å². The molecule has 0 heterocycles. The summed E-state index contributed by atoms with van der Waals surface area (Å²) in [5.74, 6) is 0.584. The van der Waals surface area contributed by atoms with Crippen LogP contribution in [0.5, 0.6) is 0 Å². The Balaban J connectivity index is 2.17. The van der Waals surface area contributed by atoms with Crippen molar-refractivity contribution in [1.29, 1.82) is 0 Å². The lowest BCUT2D eigenvalue weighted by atomic mass is 9.79. The number of rotatable bonds is 1. The quantitative estimate of drug-likeness (QED) is 0.663. The van der Waals surface area contributed by atoms with Crippen molar-refractivity contribution in [3.05, 3.63) is 64.7 Å². The lowest BCUT2D eigenvalue weighted by molar-refractivity contribution is 0.875. The van der Waals surface area contributed by atoms with E-state index >= 15 is 0 Å². The van der Waals surface area contributed by atoms with Gasteiger partial charge in [0.2, 0.25) is 0 Å². The Bertz CT molecular complexity index is 742. The fraction of sp³-hybridized carbons (Fsp3) is 0.263. The second-order valence-corrected chi connectivity index (χ2v) is 5.96. The van der Waals surface area contributed by atoms with Crippen molar-refractivity contribution in [3.63, 3.8) is 0 Å². The molecule has 0 bridgehead atoms. The van der Waals surface area contributed by atoms with E-state index in [1.54, 1.807) is 0 Å². The third kappa shape index (κ3) is 1.46. The van der Waals surface area contributed by atoms with E-state index < -0.39 is 0 Å². The van der Waals surface area contributed by atoms with Gasteiger partial charge in [0.15, 0.2) is 0 Å². The molecule has 0 radical (unpaired) electrons. The zero-order valence-corrected chi connectivity index (χ0v) is 11.5. The van der Waals surface area contributed by atoms with Gasteiger partial charge in [-0.3, -0.25) is 0 Å². The third-order valence-electron chi connectivity index (χ3n) is 4.48. The molecule has 0 unspecified atom stereocenters. The van der Waals surface area contributed by atoms with Crippen LogP contribution in [0.4, 0.5) is 0 Å². The molecule has 19 heavy (non-hydrogen) atoms. The van der Waals surface area contributed by atoms with Crippen molar-refractivity contribution < 1.29 is 0 Å². The van der Waals surface area contributed by atoms with Gasteiger partial charge in [-0.15, -0.1) is 0 Å². The molecule has 0 saturated heterocycles. The van der Waals surface area contributed by atoms with E-state index in [1.807, 2.05) is 0 Å². The van der Waals surface area contributed by atoms with E-state index in [0.717, 1.165) is 12.8 Å². The van der Waals surface area contributed by atoms with Crippen LogP contribution in [-0.2, 0) is 12.8 Å². The molecule has 0 saturated carbocycles. The summed E-state index contributed by atoms with van der Waals surface area (Å²) in [6, 6.07) is 9.33. The van der Waals surface area contributed by atoms with Crippen LogP contribution in [0.15, 0.2) is 42.5 Å². The molecule has 2 aliphatic rings. The Morgan fingerprint density at radius 2 is 1.79 bits per heavy atom. The highest BCUT2D eigenvalue weighted by Gasteiger charge is 2.20. The minimum atomic E-state index is 0.584. The second-order valence-electron chi connectivity index (χ2n) is 5.96. The smallest absolute Gasteiger partial charge is 0.00645 e. The third-order valence-corrected chi connectivity index (χ3v) is 4.48. The molecule has 2 aromatic carbocycles. The predicted octanol–water partition coefficient (Wildman–Crippen LogP) is 5.02. The topological polar surface area (TPSA) is 0 Å². The van der Waals surface area contributed by atoms with Gasteiger partial charge < -0.3 is 0 Å². The maximum absolute atomic E-state index is 2.38. The zero-order chi connectivity index (χ0) is 13.0. The maximum atomic E-state index is 2.38. The number of benzene rings is 2.